The highest BCUT2D eigenvalue weighted by Gasteiger charge is 2.50. The molecule has 0 aliphatic heterocycles. The van der Waals surface area contributed by atoms with Crippen molar-refractivity contribution in [3.8, 4) is 55.6 Å². The molecule has 294 valence electrons. The molecule has 2 nitrogen and oxygen atoms in total. The van der Waals surface area contributed by atoms with Gasteiger partial charge in [0.15, 0.2) is 0 Å². The maximum absolute atomic E-state index is 6.86. The van der Waals surface area contributed by atoms with Crippen LogP contribution < -0.4 is 4.90 Å². The highest BCUT2D eigenvalue weighted by atomic mass is 16.3. The second kappa shape index (κ2) is 13.9. The van der Waals surface area contributed by atoms with Crippen molar-refractivity contribution in [3.05, 3.63) is 259 Å². The lowest BCUT2D eigenvalue weighted by Crippen LogP contribution is -2.29. The van der Waals surface area contributed by atoms with Crippen molar-refractivity contribution in [3.63, 3.8) is 0 Å². The molecule has 2 aliphatic carbocycles. The van der Waals surface area contributed by atoms with Gasteiger partial charge in [-0.25, -0.2) is 0 Å². The van der Waals surface area contributed by atoms with Gasteiger partial charge in [-0.1, -0.05) is 194 Å². The third kappa shape index (κ3) is 5.25. The van der Waals surface area contributed by atoms with E-state index < -0.39 is 5.41 Å². The molecule has 0 radical (unpaired) electrons. The standard InChI is InChI=1S/C61H39NO/c1-3-15-40(16-4-1)41-27-29-42(30-28-41)43-31-33-45(34-32-43)62(44-17-5-2-6-18-44)46-35-37-56-53(39-46)48-20-8-7-19-47(48)49-21-9-12-24-54(49)61(56)55-25-13-10-23-52(55)59-57(61)38-36-51-50-22-11-14-26-58(50)63-60(51)59/h1-39H. The number of rotatable bonds is 5. The number of para-hydroxylation sites is 2. The number of hydrogen-bond acceptors (Lipinski definition) is 2. The Bertz CT molecular complexity index is 3550. The minimum atomic E-state index is -0.627. The third-order valence-corrected chi connectivity index (χ3v) is 13.5. The van der Waals surface area contributed by atoms with E-state index in [1.165, 1.54) is 77.9 Å². The SMILES string of the molecule is c1ccc(-c2ccc(-c3ccc(N(c4ccccc4)c4ccc5c(c4)-c4ccccc4-c4ccccc4C54c5ccccc5-c5c4ccc4c5oc5ccccc54)cc3)cc2)cc1. The quantitative estimate of drug-likeness (QED) is 0.172. The topological polar surface area (TPSA) is 16.4 Å². The lowest BCUT2D eigenvalue weighted by molar-refractivity contribution is 0.669. The maximum Gasteiger partial charge on any atom is 0.143 e. The predicted molar refractivity (Wildman–Crippen MR) is 261 cm³/mol. The second-order valence-electron chi connectivity index (χ2n) is 16.7. The van der Waals surface area contributed by atoms with Crippen LogP contribution in [0.3, 0.4) is 0 Å². The summed E-state index contributed by atoms with van der Waals surface area (Å²) in [6.45, 7) is 0. The first-order valence-electron chi connectivity index (χ1n) is 21.8. The Balaban J connectivity index is 1.03. The smallest absolute Gasteiger partial charge is 0.143 e. The van der Waals surface area contributed by atoms with Gasteiger partial charge in [0.2, 0.25) is 0 Å². The van der Waals surface area contributed by atoms with Crippen LogP contribution in [0, 0.1) is 0 Å². The Morgan fingerprint density at radius 1 is 0.302 bits per heavy atom. The van der Waals surface area contributed by atoms with Crippen LogP contribution in [0.25, 0.3) is 77.6 Å². The molecule has 13 rings (SSSR count). The molecular weight excluding hydrogens is 763 g/mol. The zero-order valence-electron chi connectivity index (χ0n) is 34.4. The zero-order chi connectivity index (χ0) is 41.5. The van der Waals surface area contributed by atoms with E-state index in [2.05, 4.69) is 241 Å². The predicted octanol–water partition coefficient (Wildman–Crippen LogP) is 16.4. The highest BCUT2D eigenvalue weighted by molar-refractivity contribution is 6.13. The Morgan fingerprint density at radius 2 is 0.778 bits per heavy atom. The number of benzene rings is 10. The lowest BCUT2D eigenvalue weighted by Gasteiger charge is -2.36. The Kier molecular flexibility index (Phi) is 7.85. The van der Waals surface area contributed by atoms with Gasteiger partial charge in [0.05, 0.1) is 5.41 Å². The van der Waals surface area contributed by atoms with Crippen molar-refractivity contribution in [2.24, 2.45) is 0 Å². The van der Waals surface area contributed by atoms with Crippen LogP contribution in [0.5, 0.6) is 0 Å². The minimum Gasteiger partial charge on any atom is -0.455 e. The van der Waals surface area contributed by atoms with E-state index in [0.717, 1.165) is 39.0 Å². The first-order valence-corrected chi connectivity index (χ1v) is 21.8. The summed E-state index contributed by atoms with van der Waals surface area (Å²) in [6.07, 6.45) is 0. The fourth-order valence-electron chi connectivity index (χ4n) is 10.8. The van der Waals surface area contributed by atoms with Crippen molar-refractivity contribution in [1.29, 1.82) is 0 Å². The van der Waals surface area contributed by atoms with Crippen molar-refractivity contribution in [2.75, 3.05) is 4.90 Å². The molecule has 1 atom stereocenters. The largest absolute Gasteiger partial charge is 0.455 e. The van der Waals surface area contributed by atoms with Crippen LogP contribution >= 0.6 is 0 Å². The first-order chi connectivity index (χ1) is 31.3. The van der Waals surface area contributed by atoms with Gasteiger partial charge >= 0.3 is 0 Å². The molecule has 1 unspecified atom stereocenters. The highest BCUT2D eigenvalue weighted by Crippen LogP contribution is 2.63. The van der Waals surface area contributed by atoms with E-state index in [4.69, 9.17) is 4.42 Å². The van der Waals surface area contributed by atoms with Crippen molar-refractivity contribution in [2.45, 2.75) is 5.41 Å². The molecule has 11 aromatic rings. The van der Waals surface area contributed by atoms with E-state index in [1.807, 2.05) is 0 Å². The van der Waals surface area contributed by atoms with Crippen LogP contribution in [-0.4, -0.2) is 0 Å². The zero-order valence-corrected chi connectivity index (χ0v) is 34.4. The molecule has 63 heavy (non-hydrogen) atoms. The Morgan fingerprint density at radius 3 is 1.49 bits per heavy atom. The average Bonchev–Trinajstić information content (AvgIpc) is 3.86. The van der Waals surface area contributed by atoms with Crippen LogP contribution in [-0.2, 0) is 5.41 Å². The molecule has 0 amide bonds. The monoisotopic (exact) mass is 801 g/mol. The van der Waals surface area contributed by atoms with Crippen molar-refractivity contribution in [1.82, 2.24) is 0 Å². The van der Waals surface area contributed by atoms with Gasteiger partial charge in [-0.3, -0.25) is 0 Å². The number of nitrogens with zero attached hydrogens (tertiary/aromatic N) is 1. The summed E-state index contributed by atoms with van der Waals surface area (Å²) >= 11 is 0. The van der Waals surface area contributed by atoms with Crippen molar-refractivity contribution >= 4 is 39.0 Å². The van der Waals surface area contributed by atoms with E-state index in [9.17, 15) is 0 Å². The summed E-state index contributed by atoms with van der Waals surface area (Å²) in [5.74, 6) is 0. The minimum absolute atomic E-state index is 0.627. The first kappa shape index (κ1) is 35.5. The summed E-state index contributed by atoms with van der Waals surface area (Å²) in [7, 11) is 0. The number of furan rings is 1. The van der Waals surface area contributed by atoms with E-state index in [1.54, 1.807) is 0 Å². The van der Waals surface area contributed by atoms with E-state index >= 15 is 0 Å². The van der Waals surface area contributed by atoms with Crippen LogP contribution in [0.1, 0.15) is 22.3 Å². The van der Waals surface area contributed by atoms with Gasteiger partial charge in [0, 0.05) is 33.4 Å². The van der Waals surface area contributed by atoms with E-state index in [-0.39, 0.29) is 0 Å². The molecule has 2 heteroatoms. The van der Waals surface area contributed by atoms with Gasteiger partial charge in [0.25, 0.3) is 0 Å². The van der Waals surface area contributed by atoms with E-state index in [0.29, 0.717) is 0 Å². The molecule has 1 aromatic heterocycles. The molecule has 1 heterocycles. The van der Waals surface area contributed by atoms with Crippen LogP contribution in [0.2, 0.25) is 0 Å². The van der Waals surface area contributed by atoms with Gasteiger partial charge in [-0.05, 0) is 115 Å². The molecule has 0 N–H and O–H groups in total. The van der Waals surface area contributed by atoms with Crippen LogP contribution in [0.4, 0.5) is 17.1 Å². The average molecular weight is 802 g/mol. The molecule has 0 bridgehead atoms. The lowest BCUT2D eigenvalue weighted by atomic mass is 9.66. The van der Waals surface area contributed by atoms with Gasteiger partial charge in [0.1, 0.15) is 11.2 Å². The summed E-state index contributed by atoms with van der Waals surface area (Å²) in [5, 5.41) is 2.29. The van der Waals surface area contributed by atoms with Gasteiger partial charge < -0.3 is 9.32 Å². The second-order valence-corrected chi connectivity index (χ2v) is 16.7. The molecular formula is C61H39NO. The Labute approximate surface area is 366 Å². The number of anilines is 3. The number of hydrogen-bond donors (Lipinski definition) is 0. The number of fused-ring (bicyclic) bond motifs is 16. The fourth-order valence-corrected chi connectivity index (χ4v) is 10.8. The van der Waals surface area contributed by atoms with Crippen molar-refractivity contribution < 1.29 is 4.42 Å². The summed E-state index contributed by atoms with van der Waals surface area (Å²) in [5.41, 5.74) is 21.7. The van der Waals surface area contributed by atoms with Gasteiger partial charge in [-0.2, -0.15) is 0 Å². The molecule has 0 saturated heterocycles. The fraction of sp³-hybridized carbons (Fsp3) is 0.0164. The van der Waals surface area contributed by atoms with Gasteiger partial charge in [-0.15, -0.1) is 0 Å². The molecule has 2 aliphatic rings. The molecule has 1 spiro atoms. The Hall–Kier alpha value is -8.20. The summed E-state index contributed by atoms with van der Waals surface area (Å²) in [6, 6.07) is 86.5. The summed E-state index contributed by atoms with van der Waals surface area (Å²) in [4.78, 5) is 2.39. The third-order valence-electron chi connectivity index (χ3n) is 13.5. The maximum atomic E-state index is 6.86. The summed E-state index contributed by atoms with van der Waals surface area (Å²) < 4.78 is 6.86. The van der Waals surface area contributed by atoms with Crippen LogP contribution in [0.15, 0.2) is 241 Å². The molecule has 0 fully saturated rings. The normalized spacial score (nSPS) is 14.4. The molecule has 0 saturated carbocycles. The molecule has 10 aromatic carbocycles.